The van der Waals surface area contributed by atoms with Crippen molar-refractivity contribution in [2.24, 2.45) is 5.84 Å². The van der Waals surface area contributed by atoms with Gasteiger partial charge in [-0.05, 0) is 24.3 Å². The van der Waals surface area contributed by atoms with Crippen LogP contribution in [-0.2, 0) is 0 Å². The second kappa shape index (κ2) is 5.51. The minimum Gasteiger partial charge on any atom is -0.271 e. The van der Waals surface area contributed by atoms with Gasteiger partial charge in [0.05, 0.1) is 12.2 Å². The molecule has 0 spiro atoms. The number of benzene rings is 1. The number of pyridine rings is 1. The van der Waals surface area contributed by atoms with Gasteiger partial charge >= 0.3 is 0 Å². The van der Waals surface area contributed by atoms with Crippen LogP contribution in [0.15, 0.2) is 41.1 Å². The van der Waals surface area contributed by atoms with E-state index >= 15 is 0 Å². The van der Waals surface area contributed by atoms with Gasteiger partial charge in [0.1, 0.15) is 11.6 Å². The summed E-state index contributed by atoms with van der Waals surface area (Å²) in [6.45, 7) is 0. The van der Waals surface area contributed by atoms with Gasteiger partial charge in [0, 0.05) is 21.8 Å². The maximum absolute atomic E-state index is 13.8. The fourth-order valence-electron chi connectivity index (χ4n) is 1.70. The molecule has 0 aliphatic carbocycles. The largest absolute Gasteiger partial charge is 0.271 e. The third-order valence-corrected chi connectivity index (χ3v) is 3.04. The number of rotatable bonds is 3. The van der Waals surface area contributed by atoms with Crippen LogP contribution in [0.4, 0.5) is 8.78 Å². The number of hydrogen-bond donors (Lipinski definition) is 2. The average Bonchev–Trinajstić information content (AvgIpc) is 2.36. The van der Waals surface area contributed by atoms with E-state index in [0.29, 0.717) is 4.47 Å². The lowest BCUT2D eigenvalue weighted by atomic mass is 9.99. The maximum atomic E-state index is 13.8. The standard InChI is InChI=1S/C12H10BrF2N3/c13-7-1-2-10(14)9(5-7)12(18-16)8-3-4-17-6-11(8)15/h1-6,12,18H,16H2. The molecule has 0 aliphatic rings. The van der Waals surface area contributed by atoms with Crippen LogP contribution in [0.3, 0.4) is 0 Å². The van der Waals surface area contributed by atoms with Crippen molar-refractivity contribution in [3.05, 3.63) is 63.9 Å². The monoisotopic (exact) mass is 313 g/mol. The van der Waals surface area contributed by atoms with E-state index in [2.05, 4.69) is 26.3 Å². The summed E-state index contributed by atoms with van der Waals surface area (Å²) in [6, 6.07) is 5.10. The summed E-state index contributed by atoms with van der Waals surface area (Å²) in [7, 11) is 0. The van der Waals surface area contributed by atoms with E-state index in [9.17, 15) is 8.78 Å². The Balaban J connectivity index is 2.52. The lowest BCUT2D eigenvalue weighted by Crippen LogP contribution is -2.30. The molecule has 0 fully saturated rings. The molecule has 1 aromatic carbocycles. The Bertz CT molecular complexity index is 563. The minimum absolute atomic E-state index is 0.240. The third kappa shape index (κ3) is 2.55. The van der Waals surface area contributed by atoms with Crippen molar-refractivity contribution in [1.29, 1.82) is 0 Å². The summed E-state index contributed by atoms with van der Waals surface area (Å²) in [5.41, 5.74) is 2.92. The van der Waals surface area contributed by atoms with Crippen molar-refractivity contribution < 1.29 is 8.78 Å². The smallest absolute Gasteiger partial charge is 0.146 e. The second-order valence-electron chi connectivity index (χ2n) is 3.66. The number of aromatic nitrogens is 1. The third-order valence-electron chi connectivity index (χ3n) is 2.55. The zero-order chi connectivity index (χ0) is 13.1. The van der Waals surface area contributed by atoms with Gasteiger partial charge in [-0.2, -0.15) is 0 Å². The average molecular weight is 314 g/mol. The normalized spacial score (nSPS) is 12.4. The Labute approximate surface area is 111 Å². The van der Waals surface area contributed by atoms with Gasteiger partial charge in [-0.3, -0.25) is 10.8 Å². The molecular weight excluding hydrogens is 304 g/mol. The van der Waals surface area contributed by atoms with Crippen molar-refractivity contribution in [2.45, 2.75) is 6.04 Å². The molecule has 1 heterocycles. The van der Waals surface area contributed by atoms with Gasteiger partial charge in [0.25, 0.3) is 0 Å². The fourth-order valence-corrected chi connectivity index (χ4v) is 2.08. The molecule has 0 saturated heterocycles. The van der Waals surface area contributed by atoms with Crippen LogP contribution < -0.4 is 11.3 Å². The summed E-state index contributed by atoms with van der Waals surface area (Å²) in [6.07, 6.45) is 2.49. The highest BCUT2D eigenvalue weighted by atomic mass is 79.9. The van der Waals surface area contributed by atoms with Crippen molar-refractivity contribution in [3.8, 4) is 0 Å². The summed E-state index contributed by atoms with van der Waals surface area (Å²) >= 11 is 3.24. The summed E-state index contributed by atoms with van der Waals surface area (Å²) in [5, 5.41) is 0. The predicted octanol–water partition coefficient (Wildman–Crippen LogP) is 2.68. The van der Waals surface area contributed by atoms with Crippen LogP contribution >= 0.6 is 15.9 Å². The van der Waals surface area contributed by atoms with Crippen molar-refractivity contribution >= 4 is 15.9 Å². The van der Waals surface area contributed by atoms with Crippen LogP contribution in [0.25, 0.3) is 0 Å². The highest BCUT2D eigenvalue weighted by Gasteiger charge is 2.20. The molecule has 18 heavy (non-hydrogen) atoms. The zero-order valence-electron chi connectivity index (χ0n) is 9.20. The van der Waals surface area contributed by atoms with E-state index in [-0.39, 0.29) is 11.1 Å². The second-order valence-corrected chi connectivity index (χ2v) is 4.58. The molecule has 3 nitrogen and oxygen atoms in total. The van der Waals surface area contributed by atoms with Gasteiger partial charge in [-0.1, -0.05) is 15.9 Å². The quantitative estimate of drug-likeness (QED) is 0.676. The molecule has 1 aromatic heterocycles. The van der Waals surface area contributed by atoms with Crippen molar-refractivity contribution in [3.63, 3.8) is 0 Å². The van der Waals surface area contributed by atoms with E-state index in [1.807, 2.05) is 0 Å². The molecule has 0 aliphatic heterocycles. The van der Waals surface area contributed by atoms with E-state index in [4.69, 9.17) is 5.84 Å². The number of nitrogens with two attached hydrogens (primary N) is 1. The molecule has 0 saturated carbocycles. The molecule has 6 heteroatoms. The van der Waals surface area contributed by atoms with Gasteiger partial charge in [-0.25, -0.2) is 14.2 Å². The van der Waals surface area contributed by atoms with E-state index in [0.717, 1.165) is 6.20 Å². The number of hydrogen-bond acceptors (Lipinski definition) is 3. The summed E-state index contributed by atoms with van der Waals surface area (Å²) in [4.78, 5) is 3.65. The van der Waals surface area contributed by atoms with Crippen LogP contribution in [-0.4, -0.2) is 4.98 Å². The predicted molar refractivity (Wildman–Crippen MR) is 67.5 cm³/mol. The number of halogens is 3. The molecule has 0 bridgehead atoms. The first kappa shape index (κ1) is 13.1. The van der Waals surface area contributed by atoms with E-state index < -0.39 is 17.7 Å². The summed E-state index contributed by atoms with van der Waals surface area (Å²) < 4.78 is 28.1. The van der Waals surface area contributed by atoms with Crippen molar-refractivity contribution in [1.82, 2.24) is 10.4 Å². The Morgan fingerprint density at radius 3 is 2.61 bits per heavy atom. The molecule has 2 aromatic rings. The Hall–Kier alpha value is -1.37. The molecule has 1 atom stereocenters. The first-order chi connectivity index (χ1) is 8.63. The Morgan fingerprint density at radius 1 is 1.17 bits per heavy atom. The van der Waals surface area contributed by atoms with Crippen LogP contribution in [0, 0.1) is 11.6 Å². The van der Waals surface area contributed by atoms with Gasteiger partial charge in [0.15, 0.2) is 0 Å². The molecule has 0 amide bonds. The lowest BCUT2D eigenvalue weighted by Gasteiger charge is -2.18. The minimum atomic E-state index is -0.773. The maximum Gasteiger partial charge on any atom is 0.146 e. The fraction of sp³-hybridized carbons (Fsp3) is 0.0833. The molecule has 3 N–H and O–H groups in total. The highest BCUT2D eigenvalue weighted by molar-refractivity contribution is 9.10. The highest BCUT2D eigenvalue weighted by Crippen LogP contribution is 2.27. The number of nitrogens with one attached hydrogen (secondary N) is 1. The first-order valence-corrected chi connectivity index (χ1v) is 5.93. The zero-order valence-corrected chi connectivity index (χ0v) is 10.8. The van der Waals surface area contributed by atoms with Gasteiger partial charge in [0.2, 0.25) is 0 Å². The molecular formula is C12H10BrF2N3. The van der Waals surface area contributed by atoms with Crippen LogP contribution in [0.1, 0.15) is 17.2 Å². The van der Waals surface area contributed by atoms with E-state index in [1.54, 1.807) is 12.1 Å². The first-order valence-electron chi connectivity index (χ1n) is 5.14. The van der Waals surface area contributed by atoms with Gasteiger partial charge < -0.3 is 0 Å². The SMILES string of the molecule is NNC(c1ccncc1F)c1cc(Br)ccc1F. The Kier molecular flexibility index (Phi) is 4.00. The topological polar surface area (TPSA) is 50.9 Å². The summed E-state index contributed by atoms with van der Waals surface area (Å²) in [5.74, 6) is 4.40. The van der Waals surface area contributed by atoms with Gasteiger partial charge in [-0.15, -0.1) is 0 Å². The number of hydrazine groups is 1. The lowest BCUT2D eigenvalue weighted by molar-refractivity contribution is 0.528. The Morgan fingerprint density at radius 2 is 1.94 bits per heavy atom. The van der Waals surface area contributed by atoms with Crippen molar-refractivity contribution in [2.75, 3.05) is 0 Å². The molecule has 94 valence electrons. The molecule has 2 rings (SSSR count). The molecule has 1 unspecified atom stereocenters. The number of nitrogens with zero attached hydrogens (tertiary/aromatic N) is 1. The van der Waals surface area contributed by atoms with E-state index in [1.165, 1.54) is 18.3 Å². The molecule has 0 radical (unpaired) electrons. The van der Waals surface area contributed by atoms with Crippen LogP contribution in [0.2, 0.25) is 0 Å². The van der Waals surface area contributed by atoms with Crippen LogP contribution in [0.5, 0.6) is 0 Å².